The van der Waals surface area contributed by atoms with E-state index in [9.17, 15) is 18.4 Å². The van der Waals surface area contributed by atoms with Crippen LogP contribution in [-0.4, -0.2) is 34.1 Å². The number of carboxylic acids is 1. The Morgan fingerprint density at radius 2 is 1.30 bits per heavy atom. The number of nitrogens with zero attached hydrogens (tertiary/aromatic N) is 2. The van der Waals surface area contributed by atoms with Gasteiger partial charge in [-0.25, -0.2) is 28.3 Å². The summed E-state index contributed by atoms with van der Waals surface area (Å²) in [6.45, 7) is 3.51. The number of hydrogen-bond acceptors (Lipinski definition) is 7. The van der Waals surface area contributed by atoms with Crippen LogP contribution in [0.5, 0.6) is 0 Å². The summed E-state index contributed by atoms with van der Waals surface area (Å²) >= 11 is 2.59. The van der Waals surface area contributed by atoms with Gasteiger partial charge in [0.25, 0.3) is 0 Å². The Morgan fingerprint density at radius 3 is 1.73 bits per heavy atom. The van der Waals surface area contributed by atoms with Gasteiger partial charge < -0.3 is 9.84 Å². The van der Waals surface area contributed by atoms with Gasteiger partial charge in [0.05, 0.1) is 26.9 Å². The fourth-order valence-electron chi connectivity index (χ4n) is 2.88. The maximum absolute atomic E-state index is 13.1. The predicted molar refractivity (Wildman–Crippen MR) is 123 cm³/mol. The number of aromatic carboxylic acids is 1. The van der Waals surface area contributed by atoms with Crippen molar-refractivity contribution in [1.29, 1.82) is 0 Å². The molecule has 0 saturated heterocycles. The van der Waals surface area contributed by atoms with Gasteiger partial charge in [-0.05, 0) is 49.2 Å². The molecule has 0 aliphatic carbocycles. The van der Waals surface area contributed by atoms with Gasteiger partial charge in [-0.15, -0.1) is 22.7 Å². The first-order chi connectivity index (χ1) is 15.7. The summed E-state index contributed by atoms with van der Waals surface area (Å²) in [4.78, 5) is 31.6. The van der Waals surface area contributed by atoms with Crippen molar-refractivity contribution in [3.63, 3.8) is 0 Å². The molecule has 4 rings (SSSR count). The van der Waals surface area contributed by atoms with Crippen LogP contribution in [-0.2, 0) is 4.74 Å². The molecule has 0 saturated carbocycles. The molecular formula is C23H18F2N2O4S2. The average Bonchev–Trinajstić information content (AvgIpc) is 3.36. The SMILES string of the molecule is COC(=O)c1nc(C)sc1-c1cccc(F)c1.Cc1nc(C(=O)O)c(-c2cccc(F)c2)s1. The molecule has 2 heterocycles. The number of carbonyl (C=O) groups is 2. The van der Waals surface area contributed by atoms with Crippen molar-refractivity contribution in [3.8, 4) is 20.9 Å². The number of hydrogen-bond donors (Lipinski definition) is 1. The predicted octanol–water partition coefficient (Wildman–Crippen LogP) is 6.00. The second-order valence-corrected chi connectivity index (χ2v) is 9.05. The molecule has 0 aliphatic rings. The second-order valence-electron chi connectivity index (χ2n) is 6.64. The summed E-state index contributed by atoms with van der Waals surface area (Å²) in [5.41, 5.74) is 1.40. The van der Waals surface area contributed by atoms with Gasteiger partial charge in [-0.1, -0.05) is 24.3 Å². The molecule has 33 heavy (non-hydrogen) atoms. The van der Waals surface area contributed by atoms with E-state index >= 15 is 0 Å². The molecule has 0 radical (unpaired) electrons. The minimum Gasteiger partial charge on any atom is -0.476 e. The van der Waals surface area contributed by atoms with Gasteiger partial charge in [0.15, 0.2) is 11.4 Å². The number of thiazole rings is 2. The zero-order chi connectivity index (χ0) is 24.1. The van der Waals surface area contributed by atoms with Gasteiger partial charge in [0, 0.05) is 0 Å². The monoisotopic (exact) mass is 488 g/mol. The molecule has 0 atom stereocenters. The van der Waals surface area contributed by atoms with E-state index in [2.05, 4.69) is 14.7 Å². The first-order valence-electron chi connectivity index (χ1n) is 9.48. The lowest BCUT2D eigenvalue weighted by atomic mass is 10.1. The van der Waals surface area contributed by atoms with Crippen LogP contribution in [0.4, 0.5) is 8.78 Å². The highest BCUT2D eigenvalue weighted by Gasteiger charge is 2.19. The average molecular weight is 489 g/mol. The Hall–Kier alpha value is -3.50. The lowest BCUT2D eigenvalue weighted by molar-refractivity contribution is 0.0594. The molecule has 0 fully saturated rings. The molecule has 0 bridgehead atoms. The van der Waals surface area contributed by atoms with E-state index in [1.165, 1.54) is 54.0 Å². The van der Waals surface area contributed by atoms with Crippen LogP contribution in [0.2, 0.25) is 0 Å². The van der Waals surface area contributed by atoms with Crippen LogP contribution in [0.15, 0.2) is 48.5 Å². The summed E-state index contributed by atoms with van der Waals surface area (Å²) in [5.74, 6) is -2.33. The van der Waals surface area contributed by atoms with Crippen LogP contribution in [0.3, 0.4) is 0 Å². The van der Waals surface area contributed by atoms with Crippen LogP contribution in [0, 0.1) is 25.5 Å². The highest BCUT2D eigenvalue weighted by Crippen LogP contribution is 2.31. The molecule has 0 unspecified atom stereocenters. The molecule has 10 heteroatoms. The van der Waals surface area contributed by atoms with Gasteiger partial charge in [0.1, 0.15) is 11.6 Å². The quantitative estimate of drug-likeness (QED) is 0.355. The van der Waals surface area contributed by atoms with Crippen molar-refractivity contribution in [3.05, 3.63) is 81.6 Å². The number of aryl methyl sites for hydroxylation is 2. The molecule has 2 aromatic heterocycles. The van der Waals surface area contributed by atoms with Crippen molar-refractivity contribution in [2.45, 2.75) is 13.8 Å². The first-order valence-corrected chi connectivity index (χ1v) is 11.1. The van der Waals surface area contributed by atoms with Gasteiger partial charge in [-0.3, -0.25) is 0 Å². The van der Waals surface area contributed by atoms with E-state index in [1.807, 2.05) is 0 Å². The third kappa shape index (κ3) is 5.85. The lowest BCUT2D eigenvalue weighted by Gasteiger charge is -2.00. The van der Waals surface area contributed by atoms with E-state index in [-0.39, 0.29) is 23.0 Å². The molecule has 0 spiro atoms. The Morgan fingerprint density at radius 1 is 0.848 bits per heavy atom. The van der Waals surface area contributed by atoms with Crippen molar-refractivity contribution in [1.82, 2.24) is 9.97 Å². The van der Waals surface area contributed by atoms with Crippen LogP contribution in [0.1, 0.15) is 31.0 Å². The molecule has 1 N–H and O–H groups in total. The number of ether oxygens (including phenoxy) is 1. The fourth-order valence-corrected chi connectivity index (χ4v) is 4.69. The number of methoxy groups -OCH3 is 1. The van der Waals surface area contributed by atoms with E-state index < -0.39 is 11.9 Å². The van der Waals surface area contributed by atoms with Crippen LogP contribution >= 0.6 is 22.7 Å². The van der Waals surface area contributed by atoms with E-state index in [4.69, 9.17) is 5.11 Å². The molecule has 2 aromatic carbocycles. The molecule has 6 nitrogen and oxygen atoms in total. The number of carbonyl (C=O) groups excluding carboxylic acids is 1. The van der Waals surface area contributed by atoms with Gasteiger partial charge >= 0.3 is 11.9 Å². The molecule has 0 amide bonds. The minimum absolute atomic E-state index is 0.0203. The number of halogens is 2. The summed E-state index contributed by atoms with van der Waals surface area (Å²) in [5, 5.41) is 10.4. The molecule has 4 aromatic rings. The third-order valence-electron chi connectivity index (χ3n) is 4.22. The van der Waals surface area contributed by atoms with E-state index in [0.29, 0.717) is 25.9 Å². The van der Waals surface area contributed by atoms with Gasteiger partial charge in [-0.2, -0.15) is 0 Å². The number of carboxylic acid groups (broad SMARTS) is 1. The van der Waals surface area contributed by atoms with Crippen molar-refractivity contribution >= 4 is 34.6 Å². The zero-order valence-electron chi connectivity index (χ0n) is 17.8. The second kappa shape index (κ2) is 10.4. The van der Waals surface area contributed by atoms with Crippen molar-refractivity contribution < 1.29 is 28.2 Å². The summed E-state index contributed by atoms with van der Waals surface area (Å²) in [6.07, 6.45) is 0. The minimum atomic E-state index is -1.09. The normalized spacial score (nSPS) is 10.3. The molecule has 170 valence electrons. The highest BCUT2D eigenvalue weighted by atomic mass is 32.1. The maximum Gasteiger partial charge on any atom is 0.358 e. The lowest BCUT2D eigenvalue weighted by Crippen LogP contribution is -2.03. The van der Waals surface area contributed by atoms with Crippen molar-refractivity contribution in [2.24, 2.45) is 0 Å². The zero-order valence-corrected chi connectivity index (χ0v) is 19.4. The largest absolute Gasteiger partial charge is 0.476 e. The highest BCUT2D eigenvalue weighted by molar-refractivity contribution is 7.15. The topological polar surface area (TPSA) is 89.4 Å². The number of esters is 1. The Bertz CT molecular complexity index is 1320. The Labute approximate surface area is 196 Å². The summed E-state index contributed by atoms with van der Waals surface area (Å²) in [6, 6.07) is 11.9. The number of rotatable bonds is 4. The Kier molecular flexibility index (Phi) is 7.62. The maximum atomic E-state index is 13.1. The smallest absolute Gasteiger partial charge is 0.358 e. The third-order valence-corrected chi connectivity index (χ3v) is 6.26. The van der Waals surface area contributed by atoms with Crippen LogP contribution in [0.25, 0.3) is 20.9 Å². The summed E-state index contributed by atoms with van der Waals surface area (Å²) < 4.78 is 30.8. The standard InChI is InChI=1S/C12H10FNO2S.C11H8FNO2S/c1-7-14-10(12(15)16-2)11(17-7)8-4-3-5-9(13)6-8;1-6-13-9(11(14)15)10(16-6)7-3-2-4-8(12)5-7/h3-6H,1-2H3;2-5H,1H3,(H,14,15). The Balaban J connectivity index is 0.000000186. The number of benzene rings is 2. The molecule has 0 aliphatic heterocycles. The summed E-state index contributed by atoms with van der Waals surface area (Å²) in [7, 11) is 1.30. The van der Waals surface area contributed by atoms with E-state index in [0.717, 1.165) is 5.01 Å². The van der Waals surface area contributed by atoms with E-state index in [1.54, 1.807) is 38.1 Å². The van der Waals surface area contributed by atoms with Crippen LogP contribution < -0.4 is 0 Å². The van der Waals surface area contributed by atoms with Crippen molar-refractivity contribution in [2.75, 3.05) is 7.11 Å². The van der Waals surface area contributed by atoms with Gasteiger partial charge in [0.2, 0.25) is 0 Å². The first kappa shape index (κ1) is 24.1. The fraction of sp³-hybridized carbons (Fsp3) is 0.130. The number of aromatic nitrogens is 2. The molecular weight excluding hydrogens is 470 g/mol.